The van der Waals surface area contributed by atoms with Crippen molar-refractivity contribution in [1.29, 1.82) is 0 Å². The molecule has 1 aliphatic carbocycles. The highest BCUT2D eigenvalue weighted by atomic mass is 16.2. The molecule has 0 radical (unpaired) electrons. The highest BCUT2D eigenvalue weighted by Gasteiger charge is 2.36. The quantitative estimate of drug-likeness (QED) is 0.873. The summed E-state index contributed by atoms with van der Waals surface area (Å²) in [4.78, 5) is 26.7. The van der Waals surface area contributed by atoms with Crippen molar-refractivity contribution >= 4 is 11.8 Å². The number of carbonyl (C=O) groups excluding carboxylic acids is 2. The first-order chi connectivity index (χ1) is 11.7. The molecule has 0 bridgehead atoms. The van der Waals surface area contributed by atoms with Gasteiger partial charge in [0.2, 0.25) is 11.8 Å². The smallest absolute Gasteiger partial charge is 0.225 e. The number of carbonyl (C=O) groups is 2. The molecule has 3 rings (SSSR count). The summed E-state index contributed by atoms with van der Waals surface area (Å²) in [5.41, 5.74) is 1.27. The number of hydrogen-bond donors (Lipinski definition) is 1. The lowest BCUT2D eigenvalue weighted by molar-refractivity contribution is -0.136. The molecule has 0 aromatic heterocycles. The second-order valence-corrected chi connectivity index (χ2v) is 7.16. The molecule has 2 aliphatic rings. The number of benzene rings is 1. The molecule has 1 saturated heterocycles. The Kier molecular flexibility index (Phi) is 5.54. The summed E-state index contributed by atoms with van der Waals surface area (Å²) in [5.74, 6) is 0.924. The van der Waals surface area contributed by atoms with Gasteiger partial charge in [0.1, 0.15) is 0 Å². The maximum Gasteiger partial charge on any atom is 0.225 e. The summed E-state index contributed by atoms with van der Waals surface area (Å²) in [7, 11) is 0. The molecule has 1 aliphatic heterocycles. The van der Waals surface area contributed by atoms with Gasteiger partial charge in [0.25, 0.3) is 0 Å². The number of amides is 2. The van der Waals surface area contributed by atoms with E-state index < -0.39 is 0 Å². The lowest BCUT2D eigenvalue weighted by Crippen LogP contribution is -2.46. The first kappa shape index (κ1) is 17.0. The third kappa shape index (κ3) is 4.16. The second-order valence-electron chi connectivity index (χ2n) is 7.16. The van der Waals surface area contributed by atoms with Gasteiger partial charge in [-0.3, -0.25) is 9.59 Å². The molecule has 2 amide bonds. The number of nitrogens with one attached hydrogen (secondary N) is 1. The summed E-state index contributed by atoms with van der Waals surface area (Å²) in [5, 5.41) is 3.13. The van der Waals surface area contributed by atoms with Gasteiger partial charge in [-0.05, 0) is 37.7 Å². The molecule has 130 valence electrons. The van der Waals surface area contributed by atoms with E-state index in [9.17, 15) is 9.59 Å². The Bertz CT molecular complexity index is 568. The number of piperidine rings is 1. The Morgan fingerprint density at radius 3 is 2.58 bits per heavy atom. The van der Waals surface area contributed by atoms with Gasteiger partial charge in [-0.25, -0.2) is 0 Å². The zero-order valence-electron chi connectivity index (χ0n) is 14.5. The van der Waals surface area contributed by atoms with Gasteiger partial charge in [0, 0.05) is 31.5 Å². The number of rotatable bonds is 6. The summed E-state index contributed by atoms with van der Waals surface area (Å²) in [6, 6.07) is 10.3. The van der Waals surface area contributed by atoms with Crippen LogP contribution in [0.15, 0.2) is 30.3 Å². The minimum absolute atomic E-state index is 0.0465. The summed E-state index contributed by atoms with van der Waals surface area (Å²) < 4.78 is 0. The van der Waals surface area contributed by atoms with Crippen LogP contribution in [-0.2, 0) is 9.59 Å². The van der Waals surface area contributed by atoms with Crippen LogP contribution in [0.1, 0.15) is 50.5 Å². The van der Waals surface area contributed by atoms with Gasteiger partial charge in [-0.2, -0.15) is 0 Å². The maximum atomic E-state index is 12.6. The third-order valence-electron chi connectivity index (χ3n) is 5.32. The fourth-order valence-corrected chi connectivity index (χ4v) is 3.57. The standard InChI is InChI=1S/C20H28N2O2/c1-2-15(16-7-4-3-5-8-16)13-21-19(23)18-9-6-12-22(14-18)20(24)17-10-11-17/h3-5,7-8,15,17-18H,2,6,9-14H2,1H3,(H,21,23)/t15-,18+/m1/s1. The van der Waals surface area contributed by atoms with Crippen molar-refractivity contribution in [3.63, 3.8) is 0 Å². The van der Waals surface area contributed by atoms with Gasteiger partial charge in [-0.15, -0.1) is 0 Å². The normalized spacial score (nSPS) is 22.0. The lowest BCUT2D eigenvalue weighted by atomic mass is 9.94. The van der Waals surface area contributed by atoms with Crippen LogP contribution in [0.2, 0.25) is 0 Å². The summed E-state index contributed by atoms with van der Waals surface area (Å²) in [6.45, 7) is 4.25. The Morgan fingerprint density at radius 1 is 1.17 bits per heavy atom. The fourth-order valence-electron chi connectivity index (χ4n) is 3.57. The first-order valence-corrected chi connectivity index (χ1v) is 9.30. The average molecular weight is 328 g/mol. The predicted molar refractivity (Wildman–Crippen MR) is 94.5 cm³/mol. The predicted octanol–water partition coefficient (Wildman–Crippen LogP) is 2.95. The molecule has 0 unspecified atom stereocenters. The molecule has 1 aromatic carbocycles. The van der Waals surface area contributed by atoms with Crippen molar-refractivity contribution in [1.82, 2.24) is 10.2 Å². The van der Waals surface area contributed by atoms with Crippen LogP contribution >= 0.6 is 0 Å². The Morgan fingerprint density at radius 2 is 1.92 bits per heavy atom. The molecule has 1 heterocycles. The Balaban J connectivity index is 1.51. The van der Waals surface area contributed by atoms with Crippen molar-refractivity contribution < 1.29 is 9.59 Å². The van der Waals surface area contributed by atoms with Gasteiger partial charge >= 0.3 is 0 Å². The van der Waals surface area contributed by atoms with E-state index in [1.807, 2.05) is 23.1 Å². The van der Waals surface area contributed by atoms with Crippen LogP contribution in [0, 0.1) is 11.8 Å². The van der Waals surface area contributed by atoms with E-state index in [2.05, 4.69) is 24.4 Å². The van der Waals surface area contributed by atoms with Crippen LogP contribution in [0.3, 0.4) is 0 Å². The van der Waals surface area contributed by atoms with E-state index in [4.69, 9.17) is 0 Å². The third-order valence-corrected chi connectivity index (χ3v) is 5.32. The van der Waals surface area contributed by atoms with Gasteiger partial charge in [0.15, 0.2) is 0 Å². The van der Waals surface area contributed by atoms with Crippen LogP contribution in [0.25, 0.3) is 0 Å². The van der Waals surface area contributed by atoms with E-state index in [0.29, 0.717) is 19.0 Å². The van der Waals surface area contributed by atoms with Crippen LogP contribution in [-0.4, -0.2) is 36.3 Å². The van der Waals surface area contributed by atoms with E-state index in [-0.39, 0.29) is 23.7 Å². The molecule has 1 N–H and O–H groups in total. The molecular formula is C20H28N2O2. The Hall–Kier alpha value is -1.84. The van der Waals surface area contributed by atoms with Crippen LogP contribution in [0.5, 0.6) is 0 Å². The van der Waals surface area contributed by atoms with Crippen molar-refractivity contribution in [3.05, 3.63) is 35.9 Å². The number of nitrogens with zero attached hydrogens (tertiary/aromatic N) is 1. The monoisotopic (exact) mass is 328 g/mol. The fraction of sp³-hybridized carbons (Fsp3) is 0.600. The van der Waals surface area contributed by atoms with Gasteiger partial charge in [-0.1, -0.05) is 37.3 Å². The highest BCUT2D eigenvalue weighted by molar-refractivity contribution is 5.83. The van der Waals surface area contributed by atoms with E-state index in [1.165, 1.54) is 5.56 Å². The second kappa shape index (κ2) is 7.82. The van der Waals surface area contributed by atoms with Gasteiger partial charge in [0.05, 0.1) is 5.92 Å². The summed E-state index contributed by atoms with van der Waals surface area (Å²) >= 11 is 0. The molecule has 24 heavy (non-hydrogen) atoms. The zero-order chi connectivity index (χ0) is 16.9. The molecule has 1 saturated carbocycles. The van der Waals surface area contributed by atoms with Crippen molar-refractivity contribution in [2.75, 3.05) is 19.6 Å². The lowest BCUT2D eigenvalue weighted by Gasteiger charge is -2.32. The number of likely N-dealkylation sites (tertiary alicyclic amines) is 1. The molecule has 4 nitrogen and oxygen atoms in total. The molecule has 2 atom stereocenters. The zero-order valence-corrected chi connectivity index (χ0v) is 14.5. The van der Waals surface area contributed by atoms with Crippen molar-refractivity contribution in [3.8, 4) is 0 Å². The van der Waals surface area contributed by atoms with E-state index in [1.54, 1.807) is 0 Å². The Labute approximate surface area is 144 Å². The highest BCUT2D eigenvalue weighted by Crippen LogP contribution is 2.32. The van der Waals surface area contributed by atoms with Gasteiger partial charge < -0.3 is 10.2 Å². The summed E-state index contributed by atoms with van der Waals surface area (Å²) in [6.07, 6.45) is 4.89. The van der Waals surface area contributed by atoms with Crippen LogP contribution in [0.4, 0.5) is 0 Å². The van der Waals surface area contributed by atoms with Crippen LogP contribution < -0.4 is 5.32 Å². The molecular weight excluding hydrogens is 300 g/mol. The molecule has 4 heteroatoms. The SMILES string of the molecule is CC[C@H](CNC(=O)[C@H]1CCCN(C(=O)C2CC2)C1)c1ccccc1. The average Bonchev–Trinajstić information content (AvgIpc) is 3.47. The molecule has 1 aromatic rings. The number of hydrogen-bond acceptors (Lipinski definition) is 2. The molecule has 2 fully saturated rings. The van der Waals surface area contributed by atoms with Crippen molar-refractivity contribution in [2.24, 2.45) is 11.8 Å². The molecule has 0 spiro atoms. The largest absolute Gasteiger partial charge is 0.355 e. The topological polar surface area (TPSA) is 49.4 Å². The first-order valence-electron chi connectivity index (χ1n) is 9.30. The minimum Gasteiger partial charge on any atom is -0.355 e. The van der Waals surface area contributed by atoms with E-state index in [0.717, 1.165) is 38.6 Å². The van der Waals surface area contributed by atoms with Crippen molar-refractivity contribution in [2.45, 2.75) is 44.9 Å². The minimum atomic E-state index is -0.0465. The maximum absolute atomic E-state index is 12.6. The van der Waals surface area contributed by atoms with E-state index >= 15 is 0 Å².